The fourth-order valence-corrected chi connectivity index (χ4v) is 4.83. The van der Waals surface area contributed by atoms with Gasteiger partial charge in [0.2, 0.25) is 0 Å². The van der Waals surface area contributed by atoms with Crippen LogP contribution in [0.25, 0.3) is 11.4 Å². The van der Waals surface area contributed by atoms with Crippen LogP contribution in [0, 0.1) is 18.7 Å². The molecule has 0 saturated carbocycles. The monoisotopic (exact) mass is 420 g/mol. The summed E-state index contributed by atoms with van der Waals surface area (Å²) in [5.41, 5.74) is 1.37. The normalized spacial score (nSPS) is 25.2. The Morgan fingerprint density at radius 1 is 1.33 bits per heavy atom. The molecule has 3 heterocycles. The zero-order chi connectivity index (χ0) is 21.5. The summed E-state index contributed by atoms with van der Waals surface area (Å²) in [5.74, 6) is 0.160. The van der Waals surface area contributed by atoms with E-state index in [0.717, 1.165) is 24.4 Å². The fraction of sp³-hybridized carbons (Fsp3) is 0.476. The number of aryl methyl sites for hydroxylation is 1. The number of rotatable bonds is 5. The number of carbonyl (C=O) groups is 1. The fourth-order valence-electron chi connectivity index (χ4n) is 4.83. The largest absolute Gasteiger partial charge is 0.345 e. The minimum Gasteiger partial charge on any atom is -0.320 e. The van der Waals surface area contributed by atoms with Gasteiger partial charge in [0.1, 0.15) is 0 Å². The summed E-state index contributed by atoms with van der Waals surface area (Å²) < 4.78 is 43.0. The van der Waals surface area contributed by atoms with Crippen LogP contribution in [0.1, 0.15) is 31.7 Å². The molecule has 2 aliphatic rings. The Bertz CT molecular complexity index is 940. The van der Waals surface area contributed by atoms with Crippen molar-refractivity contribution in [1.29, 1.82) is 0 Å². The summed E-state index contributed by atoms with van der Waals surface area (Å²) in [6.07, 6.45) is 4.31. The van der Waals surface area contributed by atoms with Crippen LogP contribution in [0.3, 0.4) is 0 Å². The van der Waals surface area contributed by atoms with E-state index in [4.69, 9.17) is 0 Å². The molecule has 160 valence electrons. The molecule has 0 spiro atoms. The summed E-state index contributed by atoms with van der Waals surface area (Å²) in [6.45, 7) is 0.886. The first kappa shape index (κ1) is 20.6. The molecule has 1 aromatic carbocycles. The second-order valence-corrected chi connectivity index (χ2v) is 8.25. The minimum atomic E-state index is -2.86. The Hall–Kier alpha value is -2.68. The summed E-state index contributed by atoms with van der Waals surface area (Å²) in [4.78, 5) is 22.7. The number of ether oxygens (including phenoxy) is 1. The van der Waals surface area contributed by atoms with E-state index in [1.165, 1.54) is 0 Å². The van der Waals surface area contributed by atoms with E-state index in [1.54, 1.807) is 17.0 Å². The smallest absolute Gasteiger partial charge is 0.320 e. The third-order valence-corrected chi connectivity index (χ3v) is 5.94. The van der Waals surface area contributed by atoms with Crippen LogP contribution in [0.5, 0.6) is 0 Å². The average Bonchev–Trinajstić information content (AvgIpc) is 2.68. The van der Waals surface area contributed by atoms with Crippen molar-refractivity contribution in [3.63, 3.8) is 0 Å². The number of amides is 2. The Labute approximate surface area is 172 Å². The molecule has 3 atom stereocenters. The molecule has 2 aliphatic heterocycles. The summed E-state index contributed by atoms with van der Waals surface area (Å²) in [5, 5.41) is 2.86. The Morgan fingerprint density at radius 3 is 2.77 bits per heavy atom. The van der Waals surface area contributed by atoms with Crippen molar-refractivity contribution >= 4 is 11.7 Å². The van der Waals surface area contributed by atoms with Gasteiger partial charge in [0.15, 0.2) is 11.6 Å². The minimum absolute atomic E-state index is 0.0142. The molecule has 2 bridgehead atoms. The lowest BCUT2D eigenvalue weighted by molar-refractivity contribution is -0.194. The van der Waals surface area contributed by atoms with Crippen molar-refractivity contribution in [2.45, 2.75) is 51.3 Å². The average molecular weight is 420 g/mol. The molecule has 6 nitrogen and oxygen atoms in total. The molecule has 0 aliphatic carbocycles. The number of urea groups is 1. The van der Waals surface area contributed by atoms with E-state index in [-0.39, 0.29) is 18.7 Å². The van der Waals surface area contributed by atoms with Gasteiger partial charge in [0.25, 0.3) is 0 Å². The third kappa shape index (κ3) is 3.86. The molecular formula is C21H23F3N4O2. The van der Waals surface area contributed by atoms with E-state index >= 15 is 0 Å². The number of hydrogen-bond acceptors (Lipinski definition) is 4. The van der Waals surface area contributed by atoms with Crippen LogP contribution in [0.4, 0.5) is 23.7 Å². The van der Waals surface area contributed by atoms with Crippen molar-refractivity contribution < 1.29 is 22.7 Å². The van der Waals surface area contributed by atoms with E-state index < -0.39 is 18.0 Å². The Kier molecular flexibility index (Phi) is 5.40. The first-order chi connectivity index (χ1) is 14.3. The summed E-state index contributed by atoms with van der Waals surface area (Å²) >= 11 is 0. The predicted molar refractivity (Wildman–Crippen MR) is 105 cm³/mol. The number of aromatic nitrogens is 2. The molecular weight excluding hydrogens is 397 g/mol. The maximum atomic E-state index is 13.1. The van der Waals surface area contributed by atoms with Crippen molar-refractivity contribution in [3.05, 3.63) is 42.0 Å². The van der Waals surface area contributed by atoms with Crippen LogP contribution in [-0.4, -0.2) is 45.7 Å². The molecule has 4 rings (SSSR count). The second-order valence-electron chi connectivity index (χ2n) is 8.25. The molecule has 0 radical (unpaired) electrons. The van der Waals surface area contributed by atoms with Gasteiger partial charge in [0, 0.05) is 17.3 Å². The first-order valence-corrected chi connectivity index (χ1v) is 9.86. The predicted octanol–water partition coefficient (Wildman–Crippen LogP) is 4.61. The van der Waals surface area contributed by atoms with Gasteiger partial charge in [-0.25, -0.2) is 19.2 Å². The van der Waals surface area contributed by atoms with Gasteiger partial charge in [-0.2, -0.15) is 8.78 Å². The standard InChI is InChI=1S/C21H23F3N4O2/c1-12-5-16-8-21(7-12,11-30-19(23)24)28(16)20(29)27-15-4-3-13(2)17(6-15)18-25-9-14(22)10-26-18/h3-4,6,9-10,12,16,19H,5,7-8,11H2,1-2H3,(H,27,29)/t12-,16-,21+/m0/s1. The summed E-state index contributed by atoms with van der Waals surface area (Å²) in [7, 11) is 0. The summed E-state index contributed by atoms with van der Waals surface area (Å²) in [6, 6.07) is 4.96. The van der Waals surface area contributed by atoms with Crippen molar-refractivity contribution in [2.75, 3.05) is 11.9 Å². The zero-order valence-electron chi connectivity index (χ0n) is 16.7. The third-order valence-electron chi connectivity index (χ3n) is 5.94. The number of benzene rings is 1. The number of nitrogens with zero attached hydrogens (tertiary/aromatic N) is 3. The maximum absolute atomic E-state index is 13.1. The number of hydrogen-bond donors (Lipinski definition) is 1. The van der Waals surface area contributed by atoms with Crippen LogP contribution >= 0.6 is 0 Å². The van der Waals surface area contributed by atoms with Crippen LogP contribution in [0.15, 0.2) is 30.6 Å². The highest BCUT2D eigenvalue weighted by Crippen LogP contribution is 2.50. The molecule has 2 amide bonds. The van der Waals surface area contributed by atoms with Gasteiger partial charge in [0.05, 0.1) is 24.5 Å². The number of fused-ring (bicyclic) bond motifs is 2. The quantitative estimate of drug-likeness (QED) is 0.767. The Balaban J connectivity index is 1.53. The van der Waals surface area contributed by atoms with E-state index in [9.17, 15) is 18.0 Å². The SMILES string of the molecule is Cc1ccc(NC(=O)N2[C@H]3C[C@H](C)C[C@]2(COC(F)F)C3)cc1-c1ncc(F)cn1. The number of carbonyl (C=O) groups excluding carboxylic acids is 1. The lowest BCUT2D eigenvalue weighted by Crippen LogP contribution is -2.74. The van der Waals surface area contributed by atoms with Gasteiger partial charge < -0.3 is 15.0 Å². The second kappa shape index (κ2) is 7.86. The molecule has 1 aromatic heterocycles. The van der Waals surface area contributed by atoms with Crippen molar-refractivity contribution in [2.24, 2.45) is 5.92 Å². The lowest BCUT2D eigenvalue weighted by atomic mass is 9.65. The van der Waals surface area contributed by atoms with Crippen molar-refractivity contribution in [1.82, 2.24) is 14.9 Å². The molecule has 30 heavy (non-hydrogen) atoms. The highest BCUT2D eigenvalue weighted by Gasteiger charge is 2.58. The highest BCUT2D eigenvalue weighted by atomic mass is 19.3. The van der Waals surface area contributed by atoms with Gasteiger partial charge >= 0.3 is 12.6 Å². The van der Waals surface area contributed by atoms with E-state index in [1.807, 2.05) is 13.0 Å². The number of piperidine rings is 1. The molecule has 2 fully saturated rings. The first-order valence-electron chi connectivity index (χ1n) is 9.86. The topological polar surface area (TPSA) is 67.4 Å². The number of alkyl halides is 2. The molecule has 9 heteroatoms. The molecule has 2 aromatic rings. The van der Waals surface area contributed by atoms with Crippen LogP contribution in [-0.2, 0) is 4.74 Å². The van der Waals surface area contributed by atoms with Crippen molar-refractivity contribution in [3.8, 4) is 11.4 Å². The van der Waals surface area contributed by atoms with Gasteiger partial charge in [-0.1, -0.05) is 13.0 Å². The van der Waals surface area contributed by atoms with E-state index in [2.05, 4.69) is 26.9 Å². The van der Waals surface area contributed by atoms with Gasteiger partial charge in [-0.15, -0.1) is 0 Å². The van der Waals surface area contributed by atoms with E-state index in [0.29, 0.717) is 35.8 Å². The van der Waals surface area contributed by atoms with Crippen LogP contribution < -0.4 is 5.32 Å². The zero-order valence-corrected chi connectivity index (χ0v) is 16.7. The lowest BCUT2D eigenvalue weighted by Gasteiger charge is -2.63. The van der Waals surface area contributed by atoms with Gasteiger partial charge in [-0.3, -0.25) is 0 Å². The molecule has 0 unspecified atom stereocenters. The molecule has 1 N–H and O–H groups in total. The Morgan fingerprint density at radius 2 is 2.07 bits per heavy atom. The number of halogens is 3. The maximum Gasteiger partial charge on any atom is 0.345 e. The highest BCUT2D eigenvalue weighted by molar-refractivity contribution is 5.91. The molecule has 2 saturated heterocycles. The van der Waals surface area contributed by atoms with Gasteiger partial charge in [-0.05, 0) is 49.8 Å². The van der Waals surface area contributed by atoms with Crippen LogP contribution in [0.2, 0.25) is 0 Å². The number of nitrogens with one attached hydrogen (secondary N) is 1. The number of anilines is 1.